The van der Waals surface area contributed by atoms with Gasteiger partial charge in [-0.2, -0.15) is 4.31 Å². The minimum atomic E-state index is -3.55. The second kappa shape index (κ2) is 4.86. The Hall–Kier alpha value is -1.40. The van der Waals surface area contributed by atoms with Gasteiger partial charge in [0.25, 0.3) is 0 Å². The molecule has 0 saturated carbocycles. The van der Waals surface area contributed by atoms with Crippen LogP contribution in [0.4, 0.5) is 0 Å². The van der Waals surface area contributed by atoms with Gasteiger partial charge in [0.05, 0.1) is 11.4 Å². The number of nitrogens with zero attached hydrogens (tertiary/aromatic N) is 2. The van der Waals surface area contributed by atoms with Gasteiger partial charge in [-0.1, -0.05) is 6.07 Å². The predicted molar refractivity (Wildman–Crippen MR) is 74.9 cm³/mol. The van der Waals surface area contributed by atoms with Crippen molar-refractivity contribution < 1.29 is 13.2 Å². The van der Waals surface area contributed by atoms with Crippen molar-refractivity contribution in [2.24, 2.45) is 0 Å². The number of rotatable bonds is 2. The van der Waals surface area contributed by atoms with E-state index in [4.69, 9.17) is 0 Å². The number of aryl methyl sites for hydroxylation is 2. The first kappa shape index (κ1) is 13.6. The summed E-state index contributed by atoms with van der Waals surface area (Å²) in [7, 11) is -1.86. The highest BCUT2D eigenvalue weighted by atomic mass is 32.2. The Morgan fingerprint density at radius 2 is 1.85 bits per heavy atom. The van der Waals surface area contributed by atoms with Gasteiger partial charge in [-0.05, 0) is 42.5 Å². The van der Waals surface area contributed by atoms with E-state index in [9.17, 15) is 13.2 Å². The number of hydrogen-bond acceptors (Lipinski definition) is 3. The second-order valence-electron chi connectivity index (χ2n) is 5.44. The topological polar surface area (TPSA) is 57.7 Å². The van der Waals surface area contributed by atoms with Gasteiger partial charge in [-0.3, -0.25) is 4.79 Å². The van der Waals surface area contributed by atoms with E-state index >= 15 is 0 Å². The van der Waals surface area contributed by atoms with E-state index in [1.807, 2.05) is 6.07 Å². The zero-order chi connectivity index (χ0) is 14.3. The molecule has 3 rings (SSSR count). The van der Waals surface area contributed by atoms with Crippen LogP contribution in [-0.2, 0) is 27.7 Å². The number of amides is 1. The maximum Gasteiger partial charge on any atom is 0.243 e. The fourth-order valence-electron chi connectivity index (χ4n) is 2.80. The fourth-order valence-corrected chi connectivity index (χ4v) is 4.23. The molecule has 0 aromatic heterocycles. The van der Waals surface area contributed by atoms with Gasteiger partial charge in [-0.15, -0.1) is 0 Å². The highest BCUT2D eigenvalue weighted by Crippen LogP contribution is 2.26. The molecule has 5 nitrogen and oxygen atoms in total. The summed E-state index contributed by atoms with van der Waals surface area (Å²) in [5.74, 6) is -0.152. The van der Waals surface area contributed by atoms with Crippen LogP contribution in [0.15, 0.2) is 23.1 Å². The summed E-state index contributed by atoms with van der Waals surface area (Å²) in [5.41, 5.74) is 2.38. The van der Waals surface area contributed by atoms with E-state index < -0.39 is 10.0 Å². The Morgan fingerprint density at radius 1 is 1.10 bits per heavy atom. The molecule has 0 spiro atoms. The first-order chi connectivity index (χ1) is 9.48. The maximum atomic E-state index is 12.6. The van der Waals surface area contributed by atoms with E-state index in [0.29, 0.717) is 18.0 Å². The van der Waals surface area contributed by atoms with Crippen molar-refractivity contribution in [2.45, 2.75) is 24.2 Å². The minimum Gasteiger partial charge on any atom is -0.343 e. The van der Waals surface area contributed by atoms with Crippen molar-refractivity contribution >= 4 is 15.9 Å². The van der Waals surface area contributed by atoms with Crippen LogP contribution in [0.2, 0.25) is 0 Å². The standard InChI is InChI=1S/C14H18N2O3S/c1-15-7-8-16(10-14(15)17)20(18,19)13-6-5-11-3-2-4-12(11)9-13/h5-6,9H,2-4,7-8,10H2,1H3. The highest BCUT2D eigenvalue weighted by molar-refractivity contribution is 7.89. The summed E-state index contributed by atoms with van der Waals surface area (Å²) in [6.45, 7) is 0.751. The zero-order valence-corrected chi connectivity index (χ0v) is 12.3. The van der Waals surface area contributed by atoms with Gasteiger partial charge in [0.15, 0.2) is 0 Å². The molecule has 2 aliphatic rings. The highest BCUT2D eigenvalue weighted by Gasteiger charge is 2.31. The number of likely N-dealkylation sites (N-methyl/N-ethyl adjacent to an activating group) is 1. The van der Waals surface area contributed by atoms with E-state index in [2.05, 4.69) is 0 Å². The summed E-state index contributed by atoms with van der Waals surface area (Å²) >= 11 is 0. The molecule has 1 saturated heterocycles. The zero-order valence-electron chi connectivity index (χ0n) is 11.5. The van der Waals surface area contributed by atoms with Crippen LogP contribution in [0, 0.1) is 0 Å². The SMILES string of the molecule is CN1CCN(S(=O)(=O)c2ccc3c(c2)CCC3)CC1=O. The van der Waals surface area contributed by atoms with E-state index in [-0.39, 0.29) is 12.5 Å². The fraction of sp³-hybridized carbons (Fsp3) is 0.500. The average Bonchev–Trinajstić information content (AvgIpc) is 2.89. The summed E-state index contributed by atoms with van der Waals surface area (Å²) in [6.07, 6.45) is 3.06. The van der Waals surface area contributed by atoms with Gasteiger partial charge in [0.2, 0.25) is 15.9 Å². The third-order valence-corrected chi connectivity index (χ3v) is 5.97. The first-order valence-corrected chi connectivity index (χ1v) is 8.28. The van der Waals surface area contributed by atoms with Crippen LogP contribution in [0.1, 0.15) is 17.5 Å². The molecule has 1 aromatic rings. The predicted octanol–water partition coefficient (Wildman–Crippen LogP) is 0.638. The van der Waals surface area contributed by atoms with Crippen LogP contribution >= 0.6 is 0 Å². The Kier molecular flexibility index (Phi) is 3.30. The molecule has 1 heterocycles. The van der Waals surface area contributed by atoms with Crippen molar-refractivity contribution in [3.05, 3.63) is 29.3 Å². The molecule has 0 unspecified atom stereocenters. The lowest BCUT2D eigenvalue weighted by molar-refractivity contribution is -0.132. The van der Waals surface area contributed by atoms with Crippen LogP contribution < -0.4 is 0 Å². The lowest BCUT2D eigenvalue weighted by atomic mass is 10.1. The van der Waals surface area contributed by atoms with Gasteiger partial charge < -0.3 is 4.90 Å². The molecule has 1 fully saturated rings. The molecular formula is C14H18N2O3S. The molecule has 1 aliphatic heterocycles. The van der Waals surface area contributed by atoms with Crippen molar-refractivity contribution in [3.63, 3.8) is 0 Å². The average molecular weight is 294 g/mol. The minimum absolute atomic E-state index is 0.0596. The molecule has 0 N–H and O–H groups in total. The molecule has 0 atom stereocenters. The van der Waals surface area contributed by atoms with Crippen molar-refractivity contribution in [1.82, 2.24) is 9.21 Å². The molecule has 1 aromatic carbocycles. The lowest BCUT2D eigenvalue weighted by Gasteiger charge is -2.31. The Balaban J connectivity index is 1.90. The molecule has 0 radical (unpaired) electrons. The molecule has 6 heteroatoms. The van der Waals surface area contributed by atoms with Crippen LogP contribution in [-0.4, -0.2) is 50.2 Å². The van der Waals surface area contributed by atoms with Crippen LogP contribution in [0.3, 0.4) is 0 Å². The number of hydrogen-bond donors (Lipinski definition) is 0. The number of fused-ring (bicyclic) bond motifs is 1. The molecule has 108 valence electrons. The number of benzene rings is 1. The van der Waals surface area contributed by atoms with Gasteiger partial charge in [-0.25, -0.2) is 8.42 Å². The number of carbonyl (C=O) groups excluding carboxylic acids is 1. The van der Waals surface area contributed by atoms with Crippen molar-refractivity contribution in [3.8, 4) is 0 Å². The normalized spacial score (nSPS) is 20.2. The van der Waals surface area contributed by atoms with E-state index in [0.717, 1.165) is 24.8 Å². The largest absolute Gasteiger partial charge is 0.343 e. The summed E-state index contributed by atoms with van der Waals surface area (Å²) < 4.78 is 26.5. The molecular weight excluding hydrogens is 276 g/mol. The van der Waals surface area contributed by atoms with Crippen LogP contribution in [0.5, 0.6) is 0 Å². The third-order valence-electron chi connectivity index (χ3n) is 4.13. The number of carbonyl (C=O) groups is 1. The van der Waals surface area contributed by atoms with Crippen LogP contribution in [0.25, 0.3) is 0 Å². The summed E-state index contributed by atoms with van der Waals surface area (Å²) in [5, 5.41) is 0. The summed E-state index contributed by atoms with van der Waals surface area (Å²) in [6, 6.07) is 5.36. The maximum absolute atomic E-state index is 12.6. The Bertz CT molecular complexity index is 654. The quantitative estimate of drug-likeness (QED) is 0.804. The molecule has 20 heavy (non-hydrogen) atoms. The Morgan fingerprint density at radius 3 is 2.60 bits per heavy atom. The Labute approximate surface area is 119 Å². The van der Waals surface area contributed by atoms with Gasteiger partial charge in [0.1, 0.15) is 0 Å². The number of piperazine rings is 1. The van der Waals surface area contributed by atoms with Crippen molar-refractivity contribution in [1.29, 1.82) is 0 Å². The lowest BCUT2D eigenvalue weighted by Crippen LogP contribution is -2.50. The van der Waals surface area contributed by atoms with E-state index in [1.54, 1.807) is 24.1 Å². The number of sulfonamides is 1. The van der Waals surface area contributed by atoms with Gasteiger partial charge in [0, 0.05) is 20.1 Å². The van der Waals surface area contributed by atoms with E-state index in [1.165, 1.54) is 9.87 Å². The monoisotopic (exact) mass is 294 g/mol. The summed E-state index contributed by atoms with van der Waals surface area (Å²) in [4.78, 5) is 13.6. The first-order valence-electron chi connectivity index (χ1n) is 6.84. The molecule has 1 aliphatic carbocycles. The third kappa shape index (κ3) is 2.23. The smallest absolute Gasteiger partial charge is 0.243 e. The molecule has 0 bridgehead atoms. The van der Waals surface area contributed by atoms with Crippen molar-refractivity contribution in [2.75, 3.05) is 26.7 Å². The second-order valence-corrected chi connectivity index (χ2v) is 7.38. The molecule has 1 amide bonds. The van der Waals surface area contributed by atoms with Gasteiger partial charge >= 0.3 is 0 Å².